The fourth-order valence-electron chi connectivity index (χ4n) is 1.08. The predicted octanol–water partition coefficient (Wildman–Crippen LogP) is 2.31. The van der Waals surface area contributed by atoms with Gasteiger partial charge in [-0.25, -0.2) is 4.79 Å². The molecule has 0 fully saturated rings. The Balaban J connectivity index is 3.33. The molecule has 1 aromatic rings. The first-order valence-corrected chi connectivity index (χ1v) is 4.57. The van der Waals surface area contributed by atoms with Crippen LogP contribution in [0, 0.1) is 11.3 Å². The van der Waals surface area contributed by atoms with Crippen LogP contribution in [-0.4, -0.2) is 17.7 Å². The number of carbonyl (C=O) groups is 1. The monoisotopic (exact) mass is 225 g/mol. The van der Waals surface area contributed by atoms with Gasteiger partial charge in [-0.05, 0) is 13.0 Å². The second-order valence-electron chi connectivity index (χ2n) is 2.68. The van der Waals surface area contributed by atoms with E-state index in [1.165, 1.54) is 12.1 Å². The molecule has 0 radical (unpaired) electrons. The summed E-state index contributed by atoms with van der Waals surface area (Å²) in [5.74, 6) is -0.972. The lowest BCUT2D eigenvalue weighted by atomic mass is 10.1. The molecule has 78 valence electrons. The van der Waals surface area contributed by atoms with Crippen molar-refractivity contribution in [3.8, 4) is 11.8 Å². The summed E-state index contributed by atoms with van der Waals surface area (Å²) in [6.45, 7) is 2.07. The summed E-state index contributed by atoms with van der Waals surface area (Å²) < 4.78 is 5.10. The van der Waals surface area contributed by atoms with Crippen molar-refractivity contribution < 1.29 is 14.6 Å². The van der Waals surface area contributed by atoms with E-state index >= 15 is 0 Å². The maximum absolute atomic E-state index is 10.8. The molecule has 1 N–H and O–H groups in total. The van der Waals surface area contributed by atoms with E-state index in [0.717, 1.165) is 0 Å². The second kappa shape index (κ2) is 4.67. The summed E-state index contributed by atoms with van der Waals surface area (Å²) >= 11 is 5.75. The van der Waals surface area contributed by atoms with Crippen LogP contribution in [0.5, 0.6) is 5.75 Å². The lowest BCUT2D eigenvalue weighted by molar-refractivity contribution is 0.0692. The summed E-state index contributed by atoms with van der Waals surface area (Å²) in [6, 6.07) is 4.35. The zero-order valence-corrected chi connectivity index (χ0v) is 8.71. The molecule has 5 heteroatoms. The number of hydrogen-bond donors (Lipinski definition) is 1. The third kappa shape index (κ3) is 2.39. The highest BCUT2D eigenvalue weighted by Gasteiger charge is 2.14. The van der Waals surface area contributed by atoms with Crippen molar-refractivity contribution in [1.82, 2.24) is 0 Å². The zero-order chi connectivity index (χ0) is 11.4. The normalized spacial score (nSPS) is 9.40. The number of rotatable bonds is 3. The van der Waals surface area contributed by atoms with Crippen molar-refractivity contribution in [2.75, 3.05) is 6.61 Å². The van der Waals surface area contributed by atoms with E-state index in [0.29, 0.717) is 6.61 Å². The van der Waals surface area contributed by atoms with Gasteiger partial charge in [0.15, 0.2) is 0 Å². The second-order valence-corrected chi connectivity index (χ2v) is 3.09. The SMILES string of the molecule is CCOc1cc(Cl)c(C#N)cc1C(=O)O. The van der Waals surface area contributed by atoms with Crippen LogP contribution in [0.2, 0.25) is 5.02 Å². The number of nitrogens with zero attached hydrogens (tertiary/aromatic N) is 1. The van der Waals surface area contributed by atoms with Crippen molar-refractivity contribution in [1.29, 1.82) is 5.26 Å². The van der Waals surface area contributed by atoms with Gasteiger partial charge in [-0.2, -0.15) is 5.26 Å². The minimum Gasteiger partial charge on any atom is -0.493 e. The number of benzene rings is 1. The van der Waals surface area contributed by atoms with E-state index in [-0.39, 0.29) is 21.9 Å². The van der Waals surface area contributed by atoms with Crippen LogP contribution in [0.4, 0.5) is 0 Å². The van der Waals surface area contributed by atoms with Crippen LogP contribution < -0.4 is 4.74 Å². The maximum atomic E-state index is 10.8. The minimum atomic E-state index is -1.15. The third-order valence-corrected chi connectivity index (χ3v) is 2.03. The summed E-state index contributed by atoms with van der Waals surface area (Å²) in [5.41, 5.74) is 0.0651. The molecular weight excluding hydrogens is 218 g/mol. The Hall–Kier alpha value is -1.73. The number of carboxylic acids is 1. The Labute approximate surface area is 91.7 Å². The number of ether oxygens (including phenoxy) is 1. The van der Waals surface area contributed by atoms with Gasteiger partial charge in [0, 0.05) is 6.07 Å². The van der Waals surface area contributed by atoms with Crippen LogP contribution in [-0.2, 0) is 0 Å². The average molecular weight is 226 g/mol. The molecule has 0 spiro atoms. The van der Waals surface area contributed by atoms with E-state index in [4.69, 9.17) is 26.7 Å². The first-order valence-electron chi connectivity index (χ1n) is 4.19. The van der Waals surface area contributed by atoms with Gasteiger partial charge >= 0.3 is 5.97 Å². The lowest BCUT2D eigenvalue weighted by Crippen LogP contribution is -2.03. The topological polar surface area (TPSA) is 70.3 Å². The van der Waals surface area contributed by atoms with E-state index in [9.17, 15) is 4.79 Å². The standard InChI is InChI=1S/C10H8ClNO3/c1-2-15-9-4-8(11)6(5-12)3-7(9)10(13)14/h3-4H,2H2,1H3,(H,13,14). The summed E-state index contributed by atoms with van der Waals surface area (Å²) in [5, 5.41) is 17.7. The Kier molecular flexibility index (Phi) is 3.53. The van der Waals surface area contributed by atoms with Crippen molar-refractivity contribution >= 4 is 17.6 Å². The first-order chi connectivity index (χ1) is 7.10. The molecule has 1 rings (SSSR count). The molecule has 0 aliphatic carbocycles. The average Bonchev–Trinajstić information content (AvgIpc) is 2.18. The Morgan fingerprint density at radius 1 is 1.67 bits per heavy atom. The summed E-state index contributed by atoms with van der Waals surface area (Å²) in [7, 11) is 0. The van der Waals surface area contributed by atoms with E-state index in [2.05, 4.69) is 0 Å². The van der Waals surface area contributed by atoms with E-state index in [1.807, 2.05) is 6.07 Å². The lowest BCUT2D eigenvalue weighted by Gasteiger charge is -2.08. The first kappa shape index (κ1) is 11.3. The molecule has 0 saturated carbocycles. The van der Waals surface area contributed by atoms with Gasteiger partial charge in [0.1, 0.15) is 17.4 Å². The van der Waals surface area contributed by atoms with E-state index < -0.39 is 5.97 Å². The van der Waals surface area contributed by atoms with Gasteiger partial charge in [-0.1, -0.05) is 11.6 Å². The summed E-state index contributed by atoms with van der Waals surface area (Å²) in [4.78, 5) is 10.8. The molecule has 15 heavy (non-hydrogen) atoms. The Morgan fingerprint density at radius 3 is 2.80 bits per heavy atom. The number of hydrogen-bond acceptors (Lipinski definition) is 3. The molecule has 4 nitrogen and oxygen atoms in total. The van der Waals surface area contributed by atoms with Crippen LogP contribution in [0.3, 0.4) is 0 Å². The minimum absolute atomic E-state index is 0.0576. The number of halogens is 1. The van der Waals surface area contributed by atoms with Crippen molar-refractivity contribution in [2.45, 2.75) is 6.92 Å². The van der Waals surface area contributed by atoms with Gasteiger partial charge in [-0.3, -0.25) is 0 Å². The molecular formula is C10H8ClNO3. The Bertz CT molecular complexity index is 437. The van der Waals surface area contributed by atoms with Crippen molar-refractivity contribution in [2.24, 2.45) is 0 Å². The van der Waals surface area contributed by atoms with Crippen LogP contribution in [0.25, 0.3) is 0 Å². The van der Waals surface area contributed by atoms with Crippen LogP contribution in [0.1, 0.15) is 22.8 Å². The number of nitriles is 1. The van der Waals surface area contributed by atoms with Crippen molar-refractivity contribution in [3.63, 3.8) is 0 Å². The zero-order valence-electron chi connectivity index (χ0n) is 7.95. The molecule has 0 aliphatic rings. The third-order valence-electron chi connectivity index (χ3n) is 1.72. The largest absolute Gasteiger partial charge is 0.493 e. The molecule has 0 unspecified atom stereocenters. The maximum Gasteiger partial charge on any atom is 0.339 e. The van der Waals surface area contributed by atoms with Gasteiger partial charge in [-0.15, -0.1) is 0 Å². The molecule has 1 aromatic carbocycles. The highest BCUT2D eigenvalue weighted by Crippen LogP contribution is 2.27. The molecule has 0 amide bonds. The van der Waals surface area contributed by atoms with Gasteiger partial charge in [0.25, 0.3) is 0 Å². The quantitative estimate of drug-likeness (QED) is 0.857. The molecule has 0 aromatic heterocycles. The Morgan fingerprint density at radius 2 is 2.33 bits per heavy atom. The van der Waals surface area contributed by atoms with Crippen LogP contribution >= 0.6 is 11.6 Å². The highest BCUT2D eigenvalue weighted by atomic mass is 35.5. The highest BCUT2D eigenvalue weighted by molar-refractivity contribution is 6.32. The fourth-order valence-corrected chi connectivity index (χ4v) is 1.28. The molecule has 0 heterocycles. The fraction of sp³-hybridized carbons (Fsp3) is 0.200. The molecule has 0 aliphatic heterocycles. The smallest absolute Gasteiger partial charge is 0.339 e. The molecule has 0 bridgehead atoms. The molecule has 0 saturated heterocycles. The summed E-state index contributed by atoms with van der Waals surface area (Å²) in [6.07, 6.45) is 0. The van der Waals surface area contributed by atoms with Gasteiger partial charge < -0.3 is 9.84 Å². The van der Waals surface area contributed by atoms with E-state index in [1.54, 1.807) is 6.92 Å². The van der Waals surface area contributed by atoms with Crippen LogP contribution in [0.15, 0.2) is 12.1 Å². The van der Waals surface area contributed by atoms with Crippen molar-refractivity contribution in [3.05, 3.63) is 28.3 Å². The number of carboxylic acid groups (broad SMARTS) is 1. The van der Waals surface area contributed by atoms with Gasteiger partial charge in [0.05, 0.1) is 17.2 Å². The number of aromatic carboxylic acids is 1. The van der Waals surface area contributed by atoms with Gasteiger partial charge in [0.2, 0.25) is 0 Å². The molecule has 0 atom stereocenters. The predicted molar refractivity (Wildman–Crippen MR) is 54.3 cm³/mol.